The monoisotopic (exact) mass is 716 g/mol. The lowest BCUT2D eigenvalue weighted by Crippen LogP contribution is -2.11. The first-order valence-electron chi connectivity index (χ1n) is 17.4. The third kappa shape index (κ3) is 7.24. The molecule has 266 valence electrons. The summed E-state index contributed by atoms with van der Waals surface area (Å²) in [5.74, 6) is 1.28. The van der Waals surface area contributed by atoms with Gasteiger partial charge in [-0.15, -0.1) is 11.8 Å². The second-order valence-electron chi connectivity index (χ2n) is 12.3. The van der Waals surface area contributed by atoms with E-state index in [4.69, 9.17) is 31.9 Å². The molecule has 6 rings (SSSR count). The van der Waals surface area contributed by atoms with Gasteiger partial charge in [-0.05, 0) is 81.8 Å². The fourth-order valence-electron chi connectivity index (χ4n) is 6.97. The summed E-state index contributed by atoms with van der Waals surface area (Å²) in [5.41, 5.74) is 16.7. The van der Waals surface area contributed by atoms with Gasteiger partial charge in [0.2, 0.25) is 0 Å². The average molecular weight is 717 g/mol. The van der Waals surface area contributed by atoms with Crippen LogP contribution in [-0.2, 0) is 50.5 Å². The Kier molecular flexibility index (Phi) is 12.2. The number of nitrogens with two attached hydrogens (primary N) is 1. The van der Waals surface area contributed by atoms with Crippen LogP contribution in [0.25, 0.3) is 28.1 Å². The molecule has 0 fully saturated rings. The highest BCUT2D eigenvalue weighted by atomic mass is 35.5. The van der Waals surface area contributed by atoms with Crippen LogP contribution in [0.15, 0.2) is 41.3 Å². The minimum Gasteiger partial charge on any atom is -0.493 e. The highest BCUT2D eigenvalue weighted by Gasteiger charge is 2.29. The molecule has 0 bridgehead atoms. The van der Waals surface area contributed by atoms with Gasteiger partial charge in [0.25, 0.3) is 0 Å². The van der Waals surface area contributed by atoms with Crippen LogP contribution in [0.1, 0.15) is 83.6 Å². The molecule has 1 aliphatic heterocycles. The van der Waals surface area contributed by atoms with Crippen molar-refractivity contribution in [2.45, 2.75) is 84.0 Å². The second kappa shape index (κ2) is 16.4. The Morgan fingerprint density at radius 2 is 1.90 bits per heavy atom. The average Bonchev–Trinajstić information content (AvgIpc) is 3.86. The van der Waals surface area contributed by atoms with Gasteiger partial charge in [0.15, 0.2) is 0 Å². The summed E-state index contributed by atoms with van der Waals surface area (Å²) in [4.78, 5) is 14.4. The Bertz CT molecular complexity index is 2040. The van der Waals surface area contributed by atoms with E-state index in [0.29, 0.717) is 36.7 Å². The number of hydrogen-bond acceptors (Lipinski definition) is 7. The van der Waals surface area contributed by atoms with Crippen LogP contribution in [0.3, 0.4) is 0 Å². The van der Waals surface area contributed by atoms with Crippen LogP contribution in [0, 0.1) is 13.8 Å². The van der Waals surface area contributed by atoms with E-state index in [1.54, 1.807) is 11.8 Å². The number of hydrogen-bond donors (Lipinski definition) is 1. The van der Waals surface area contributed by atoms with Crippen molar-refractivity contribution in [2.24, 2.45) is 19.8 Å². The zero-order valence-electron chi connectivity index (χ0n) is 30.5. The van der Waals surface area contributed by atoms with Crippen molar-refractivity contribution in [1.29, 1.82) is 0 Å². The number of rotatable bonds is 12. The number of thioether (sulfide) groups is 1. The van der Waals surface area contributed by atoms with Crippen LogP contribution in [0.4, 0.5) is 0 Å². The lowest BCUT2D eigenvalue weighted by atomic mass is 9.97. The number of fused-ring (bicyclic) bond motifs is 2. The van der Waals surface area contributed by atoms with Gasteiger partial charge >= 0.3 is 5.97 Å². The Hall–Kier alpha value is -3.99. The van der Waals surface area contributed by atoms with Gasteiger partial charge < -0.3 is 19.8 Å². The van der Waals surface area contributed by atoms with E-state index in [1.165, 1.54) is 12.8 Å². The molecule has 2 N–H and O–H groups in total. The SMILES string of the molecule is C/C=C\c1c(C)cc(SCc2cc(C)nn2C)cc1OCCCc1c(C(=O)OC)n(C)c2c(-c3c(CN)nn4c3CCC4)c(Cl)ccc12.CC. The van der Waals surface area contributed by atoms with Crippen molar-refractivity contribution >= 4 is 46.3 Å². The molecule has 11 heteroatoms. The van der Waals surface area contributed by atoms with Crippen molar-refractivity contribution in [1.82, 2.24) is 24.1 Å². The number of carbonyl (C=O) groups excluding carboxylic acids is 1. The predicted molar refractivity (Wildman–Crippen MR) is 205 cm³/mol. The first kappa shape index (κ1) is 37.3. The van der Waals surface area contributed by atoms with Gasteiger partial charge in [-0.3, -0.25) is 9.36 Å². The lowest BCUT2D eigenvalue weighted by molar-refractivity contribution is 0.0589. The Labute approximate surface area is 304 Å². The number of nitrogens with zero attached hydrogens (tertiary/aromatic N) is 5. The summed E-state index contributed by atoms with van der Waals surface area (Å²) in [6.45, 7) is 11.8. The molecule has 50 heavy (non-hydrogen) atoms. The molecule has 9 nitrogen and oxygen atoms in total. The Morgan fingerprint density at radius 3 is 2.58 bits per heavy atom. The largest absolute Gasteiger partial charge is 0.493 e. The van der Waals surface area contributed by atoms with Crippen LogP contribution in [-0.4, -0.2) is 43.8 Å². The summed E-state index contributed by atoms with van der Waals surface area (Å²) in [7, 11) is 5.31. The van der Waals surface area contributed by atoms with Gasteiger partial charge in [-0.2, -0.15) is 10.2 Å². The maximum absolute atomic E-state index is 13.3. The highest BCUT2D eigenvalue weighted by Crippen LogP contribution is 2.43. The number of methoxy groups -OCH3 is 1. The molecule has 0 saturated carbocycles. The molecule has 0 unspecified atom stereocenters. The Morgan fingerprint density at radius 1 is 1.12 bits per heavy atom. The lowest BCUT2D eigenvalue weighted by Gasteiger charge is -2.14. The summed E-state index contributed by atoms with van der Waals surface area (Å²) < 4.78 is 17.7. The predicted octanol–water partition coefficient (Wildman–Crippen LogP) is 8.60. The maximum Gasteiger partial charge on any atom is 0.354 e. The van der Waals surface area contributed by atoms with E-state index >= 15 is 0 Å². The molecular formula is C39H49ClN6O3S. The third-order valence-corrected chi connectivity index (χ3v) is 10.4. The smallest absolute Gasteiger partial charge is 0.354 e. The van der Waals surface area contributed by atoms with E-state index < -0.39 is 0 Å². The number of halogens is 1. The van der Waals surface area contributed by atoms with Gasteiger partial charge in [0, 0.05) is 71.3 Å². The molecule has 4 heterocycles. The number of aryl methyl sites for hydroxylation is 6. The van der Waals surface area contributed by atoms with Crippen molar-refractivity contribution in [3.63, 3.8) is 0 Å². The summed E-state index contributed by atoms with van der Waals surface area (Å²) >= 11 is 8.73. The van der Waals surface area contributed by atoms with E-state index in [-0.39, 0.29) is 5.97 Å². The first-order valence-corrected chi connectivity index (χ1v) is 18.7. The molecule has 3 aromatic heterocycles. The molecule has 2 aromatic carbocycles. The summed E-state index contributed by atoms with van der Waals surface area (Å²) in [6.07, 6.45) is 7.38. The topological polar surface area (TPSA) is 102 Å². The highest BCUT2D eigenvalue weighted by molar-refractivity contribution is 7.98. The van der Waals surface area contributed by atoms with E-state index in [1.807, 2.05) is 73.9 Å². The summed E-state index contributed by atoms with van der Waals surface area (Å²) in [5, 5.41) is 10.9. The molecule has 1 aliphatic rings. The third-order valence-electron chi connectivity index (χ3n) is 9.11. The van der Waals surface area contributed by atoms with Crippen LogP contribution in [0.2, 0.25) is 5.02 Å². The zero-order chi connectivity index (χ0) is 36.1. The number of aromatic nitrogens is 5. The molecule has 0 atom stereocenters. The first-order chi connectivity index (χ1) is 24.2. The fraction of sp³-hybridized carbons (Fsp3) is 0.410. The number of carbonyl (C=O) groups is 1. The van der Waals surface area contributed by atoms with Crippen LogP contribution >= 0.6 is 23.4 Å². The minimum atomic E-state index is -0.384. The van der Waals surface area contributed by atoms with Crippen LogP contribution < -0.4 is 10.5 Å². The van der Waals surface area contributed by atoms with E-state index in [9.17, 15) is 4.79 Å². The fourth-order valence-corrected chi connectivity index (χ4v) is 8.25. The number of benzene rings is 2. The van der Waals surface area contributed by atoms with Gasteiger partial charge in [-0.25, -0.2) is 4.79 Å². The number of ether oxygens (including phenoxy) is 2. The van der Waals surface area contributed by atoms with Gasteiger partial charge in [0.05, 0.1) is 35.6 Å². The van der Waals surface area contributed by atoms with Crippen molar-refractivity contribution in [3.05, 3.63) is 86.6 Å². The zero-order valence-corrected chi connectivity index (χ0v) is 32.1. The molecule has 0 saturated heterocycles. The molecule has 0 radical (unpaired) electrons. The number of allylic oxidation sites excluding steroid dienone is 1. The molecule has 0 spiro atoms. The molecule has 0 aliphatic carbocycles. The van der Waals surface area contributed by atoms with Crippen LogP contribution in [0.5, 0.6) is 5.75 Å². The van der Waals surface area contributed by atoms with E-state index in [0.717, 1.165) is 91.6 Å². The Balaban J connectivity index is 0.00000239. The second-order valence-corrected chi connectivity index (χ2v) is 13.7. The summed E-state index contributed by atoms with van der Waals surface area (Å²) in [6, 6.07) is 10.4. The molecule has 5 aromatic rings. The minimum absolute atomic E-state index is 0.303. The number of esters is 1. The van der Waals surface area contributed by atoms with Crippen molar-refractivity contribution < 1.29 is 14.3 Å². The van der Waals surface area contributed by atoms with Gasteiger partial charge in [0.1, 0.15) is 11.4 Å². The molecule has 0 amide bonds. The van der Waals surface area contributed by atoms with Crippen molar-refractivity contribution in [3.8, 4) is 16.9 Å². The normalized spacial score (nSPS) is 12.4. The molecular weight excluding hydrogens is 668 g/mol. The maximum atomic E-state index is 13.3. The van der Waals surface area contributed by atoms with Crippen molar-refractivity contribution in [2.75, 3.05) is 13.7 Å². The standard InChI is InChI=1S/C37H43ClN6O3S.C2H6/c1-7-10-26-22(2)17-25(48-21-24-18-23(3)40-43(24)5)19-32(26)47-16-9-11-27-28-13-14-29(38)33(35(28)42(4)36(27)37(45)46-6)34-30(20-39)41-44-15-8-12-31(34)44;1-2/h7,10,13-14,17-19H,8-9,11-12,15-16,20-21,39H2,1-6H3;1-2H3/b10-7-;. The van der Waals surface area contributed by atoms with Gasteiger partial charge in [-0.1, -0.05) is 43.7 Å². The van der Waals surface area contributed by atoms with E-state index in [2.05, 4.69) is 36.3 Å². The quantitative estimate of drug-likeness (QED) is 0.0784.